The predicted octanol–water partition coefficient (Wildman–Crippen LogP) is 0.770. The second-order valence-electron chi connectivity index (χ2n) is 5.89. The lowest BCUT2D eigenvalue weighted by molar-refractivity contribution is 0.177. The molecule has 2 heterocycles. The predicted molar refractivity (Wildman–Crippen MR) is 84.9 cm³/mol. The van der Waals surface area contributed by atoms with Crippen LogP contribution in [0.2, 0.25) is 0 Å². The monoisotopic (exact) mass is 297 g/mol. The number of rotatable bonds is 4. The summed E-state index contributed by atoms with van der Waals surface area (Å²) in [5.41, 5.74) is 4.17. The van der Waals surface area contributed by atoms with Crippen molar-refractivity contribution in [1.82, 2.24) is 20.2 Å². The van der Waals surface area contributed by atoms with Crippen LogP contribution in [0.3, 0.4) is 0 Å². The second kappa shape index (κ2) is 6.95. The minimum absolute atomic E-state index is 0.241. The zero-order valence-electron chi connectivity index (χ0n) is 13.0. The lowest BCUT2D eigenvalue weighted by Crippen LogP contribution is -2.55. The molecule has 0 spiro atoms. The number of nitrogens with one attached hydrogen (secondary N) is 1. The smallest absolute Gasteiger partial charge is 0.0947 e. The molecule has 0 aliphatic carbocycles. The highest BCUT2D eigenvalue weighted by molar-refractivity contribution is 7.11. The van der Waals surface area contributed by atoms with Gasteiger partial charge in [0.15, 0.2) is 0 Å². The molecule has 1 aromatic heterocycles. The van der Waals surface area contributed by atoms with Crippen molar-refractivity contribution < 1.29 is 0 Å². The average molecular weight is 297 g/mol. The van der Waals surface area contributed by atoms with Crippen molar-refractivity contribution in [2.45, 2.75) is 38.8 Å². The number of aryl methyl sites for hydroxylation is 2. The quantitative estimate of drug-likeness (QED) is 0.635. The Bertz CT molecular complexity index is 414. The summed E-state index contributed by atoms with van der Waals surface area (Å²) < 4.78 is 0. The van der Waals surface area contributed by atoms with E-state index in [1.807, 2.05) is 0 Å². The number of nitrogens with zero attached hydrogens (tertiary/aromatic N) is 3. The minimum Gasteiger partial charge on any atom is -0.305 e. The molecular formula is C14H27N5S. The maximum absolute atomic E-state index is 5.84. The zero-order valence-corrected chi connectivity index (χ0v) is 13.8. The molecule has 114 valence electrons. The van der Waals surface area contributed by atoms with Crippen LogP contribution < -0.4 is 11.3 Å². The summed E-state index contributed by atoms with van der Waals surface area (Å²) in [6.07, 6.45) is 2.12. The van der Waals surface area contributed by atoms with E-state index in [1.165, 1.54) is 16.3 Å². The van der Waals surface area contributed by atoms with Gasteiger partial charge in [-0.2, -0.15) is 0 Å². The van der Waals surface area contributed by atoms with E-state index in [0.717, 1.165) is 31.7 Å². The zero-order chi connectivity index (χ0) is 14.7. The van der Waals surface area contributed by atoms with Gasteiger partial charge >= 0.3 is 0 Å². The molecule has 20 heavy (non-hydrogen) atoms. The molecule has 2 rings (SSSR count). The molecule has 1 aliphatic heterocycles. The van der Waals surface area contributed by atoms with E-state index in [1.54, 1.807) is 11.3 Å². The van der Waals surface area contributed by atoms with Gasteiger partial charge in [-0.25, -0.2) is 4.98 Å². The molecule has 6 heteroatoms. The molecule has 2 atom stereocenters. The Hall–Kier alpha value is -0.530. The fourth-order valence-corrected chi connectivity index (χ4v) is 3.85. The molecule has 0 amide bonds. The van der Waals surface area contributed by atoms with Crippen LogP contribution in [-0.4, -0.2) is 60.6 Å². The van der Waals surface area contributed by atoms with Gasteiger partial charge in [-0.3, -0.25) is 11.3 Å². The van der Waals surface area contributed by atoms with Gasteiger partial charge < -0.3 is 9.80 Å². The number of hydrazine groups is 1. The number of likely N-dealkylation sites (N-methyl/N-ethyl adjacent to an activating group) is 2. The number of nitrogens with two attached hydrogens (primary N) is 1. The first-order valence-corrected chi connectivity index (χ1v) is 8.10. The summed E-state index contributed by atoms with van der Waals surface area (Å²) in [5, 5.41) is 1.18. The van der Waals surface area contributed by atoms with Crippen LogP contribution in [0.1, 0.15) is 22.0 Å². The van der Waals surface area contributed by atoms with Crippen molar-refractivity contribution in [2.24, 2.45) is 5.84 Å². The normalized spacial score (nSPS) is 23.8. The Morgan fingerprint density at radius 3 is 2.75 bits per heavy atom. The Morgan fingerprint density at radius 1 is 1.40 bits per heavy atom. The van der Waals surface area contributed by atoms with E-state index < -0.39 is 0 Å². The van der Waals surface area contributed by atoms with E-state index in [-0.39, 0.29) is 6.04 Å². The first-order valence-electron chi connectivity index (χ1n) is 7.29. The first-order chi connectivity index (χ1) is 9.51. The van der Waals surface area contributed by atoms with Crippen molar-refractivity contribution in [2.75, 3.05) is 33.7 Å². The van der Waals surface area contributed by atoms with E-state index in [2.05, 4.69) is 48.2 Å². The topological polar surface area (TPSA) is 57.4 Å². The Kier molecular flexibility index (Phi) is 5.51. The van der Waals surface area contributed by atoms with E-state index in [0.29, 0.717) is 6.04 Å². The van der Waals surface area contributed by atoms with Gasteiger partial charge in [0.25, 0.3) is 0 Å². The van der Waals surface area contributed by atoms with Crippen LogP contribution in [0.5, 0.6) is 0 Å². The van der Waals surface area contributed by atoms with Crippen LogP contribution in [-0.2, 0) is 6.42 Å². The van der Waals surface area contributed by atoms with Crippen LogP contribution in [0, 0.1) is 13.8 Å². The van der Waals surface area contributed by atoms with Crippen molar-refractivity contribution in [1.29, 1.82) is 0 Å². The molecule has 2 unspecified atom stereocenters. The van der Waals surface area contributed by atoms with Gasteiger partial charge in [-0.15, -0.1) is 11.3 Å². The Morgan fingerprint density at radius 2 is 2.15 bits per heavy atom. The van der Waals surface area contributed by atoms with E-state index in [9.17, 15) is 0 Å². The summed E-state index contributed by atoms with van der Waals surface area (Å²) in [4.78, 5) is 10.8. The Labute approximate surface area is 126 Å². The van der Waals surface area contributed by atoms with Gasteiger partial charge in [0, 0.05) is 29.9 Å². The van der Waals surface area contributed by atoms with Gasteiger partial charge in [0.1, 0.15) is 0 Å². The molecule has 1 aromatic rings. The standard InChI is InChI=1S/C14H27N5S/c1-10-11(2)20-14(16-10)8-12(17-15)13-9-18(3)6-5-7-19(13)4/h12-13,17H,5-9,15H2,1-4H3. The summed E-state index contributed by atoms with van der Waals surface area (Å²) in [6, 6.07) is 0.669. The molecule has 1 aliphatic rings. The molecule has 0 saturated carbocycles. The third-order valence-corrected chi connectivity index (χ3v) is 5.36. The summed E-state index contributed by atoms with van der Waals surface area (Å²) in [6.45, 7) is 7.55. The van der Waals surface area contributed by atoms with Crippen molar-refractivity contribution in [3.63, 3.8) is 0 Å². The SMILES string of the molecule is Cc1nc(CC(NN)C2CN(C)CCCN2C)sc1C. The third-order valence-electron chi connectivity index (χ3n) is 4.26. The molecule has 1 fully saturated rings. The fourth-order valence-electron chi connectivity index (χ4n) is 2.86. The average Bonchev–Trinajstić information content (AvgIpc) is 2.61. The largest absolute Gasteiger partial charge is 0.305 e. The number of hydrogen-bond acceptors (Lipinski definition) is 6. The van der Waals surface area contributed by atoms with Gasteiger partial charge in [-0.05, 0) is 47.5 Å². The molecular weight excluding hydrogens is 270 g/mol. The fraction of sp³-hybridized carbons (Fsp3) is 0.786. The molecule has 1 saturated heterocycles. The molecule has 5 nitrogen and oxygen atoms in total. The van der Waals surface area contributed by atoms with Gasteiger partial charge in [-0.1, -0.05) is 0 Å². The van der Waals surface area contributed by atoms with Crippen molar-refractivity contribution in [3.05, 3.63) is 15.6 Å². The minimum atomic E-state index is 0.241. The van der Waals surface area contributed by atoms with E-state index in [4.69, 9.17) is 5.84 Å². The maximum atomic E-state index is 5.84. The molecule has 0 aromatic carbocycles. The third kappa shape index (κ3) is 3.77. The highest BCUT2D eigenvalue weighted by Crippen LogP contribution is 2.20. The van der Waals surface area contributed by atoms with Gasteiger partial charge in [0.05, 0.1) is 10.7 Å². The lowest BCUT2D eigenvalue weighted by atomic mass is 10.0. The maximum Gasteiger partial charge on any atom is 0.0947 e. The molecule has 0 bridgehead atoms. The highest BCUT2D eigenvalue weighted by atomic mass is 32.1. The number of hydrogen-bond donors (Lipinski definition) is 2. The van der Waals surface area contributed by atoms with Crippen LogP contribution in [0.25, 0.3) is 0 Å². The summed E-state index contributed by atoms with van der Waals surface area (Å²) in [7, 11) is 4.39. The van der Waals surface area contributed by atoms with Gasteiger partial charge in [0.2, 0.25) is 0 Å². The highest BCUT2D eigenvalue weighted by Gasteiger charge is 2.28. The number of aromatic nitrogens is 1. The van der Waals surface area contributed by atoms with E-state index >= 15 is 0 Å². The van der Waals surface area contributed by atoms with Crippen LogP contribution in [0.4, 0.5) is 0 Å². The van der Waals surface area contributed by atoms with Crippen LogP contribution >= 0.6 is 11.3 Å². The lowest BCUT2D eigenvalue weighted by Gasteiger charge is -2.33. The molecule has 3 N–H and O–H groups in total. The van der Waals surface area contributed by atoms with Crippen LogP contribution in [0.15, 0.2) is 0 Å². The van der Waals surface area contributed by atoms with Crippen molar-refractivity contribution in [3.8, 4) is 0 Å². The Balaban J connectivity index is 2.09. The molecule has 0 radical (unpaired) electrons. The number of thiazole rings is 1. The second-order valence-corrected chi connectivity index (χ2v) is 7.18. The summed E-state index contributed by atoms with van der Waals surface area (Å²) >= 11 is 1.79. The summed E-state index contributed by atoms with van der Waals surface area (Å²) in [5.74, 6) is 5.84. The first kappa shape index (κ1) is 15.9. The van der Waals surface area contributed by atoms with Crippen molar-refractivity contribution >= 4 is 11.3 Å².